The summed E-state index contributed by atoms with van der Waals surface area (Å²) in [5.41, 5.74) is 4.90. The number of hydrogen-bond acceptors (Lipinski definition) is 5. The van der Waals surface area contributed by atoms with Crippen LogP contribution in [0.2, 0.25) is 0 Å². The van der Waals surface area contributed by atoms with Gasteiger partial charge >= 0.3 is 0 Å². The molecule has 0 saturated carbocycles. The molecule has 1 atom stereocenters. The van der Waals surface area contributed by atoms with Crippen molar-refractivity contribution in [3.63, 3.8) is 0 Å². The SMILES string of the molecule is COc1cnn(C(C)C)c1C(NN)c1ccc(SC)cc1. The molecule has 1 heterocycles. The Bertz CT molecular complexity index is 580. The molecule has 5 nitrogen and oxygen atoms in total. The third kappa shape index (κ3) is 3.23. The monoisotopic (exact) mass is 306 g/mol. The summed E-state index contributed by atoms with van der Waals surface area (Å²) in [5.74, 6) is 6.54. The van der Waals surface area contributed by atoms with E-state index in [1.54, 1.807) is 25.1 Å². The van der Waals surface area contributed by atoms with E-state index in [4.69, 9.17) is 10.6 Å². The fraction of sp³-hybridized carbons (Fsp3) is 0.400. The highest BCUT2D eigenvalue weighted by Gasteiger charge is 2.23. The molecule has 0 aliphatic heterocycles. The average Bonchev–Trinajstić information content (AvgIpc) is 2.93. The van der Waals surface area contributed by atoms with Gasteiger partial charge in [-0.2, -0.15) is 5.10 Å². The van der Waals surface area contributed by atoms with Gasteiger partial charge in [0, 0.05) is 10.9 Å². The van der Waals surface area contributed by atoms with Crippen molar-refractivity contribution in [2.75, 3.05) is 13.4 Å². The fourth-order valence-corrected chi connectivity index (χ4v) is 2.74. The Kier molecular flexibility index (Phi) is 5.27. The molecular weight excluding hydrogens is 284 g/mol. The maximum atomic E-state index is 5.81. The van der Waals surface area contributed by atoms with Crippen molar-refractivity contribution in [2.45, 2.75) is 30.8 Å². The lowest BCUT2D eigenvalue weighted by Crippen LogP contribution is -2.31. The van der Waals surface area contributed by atoms with Crippen LogP contribution in [0, 0.1) is 0 Å². The van der Waals surface area contributed by atoms with Gasteiger partial charge in [-0.15, -0.1) is 11.8 Å². The Labute approximate surface area is 129 Å². The van der Waals surface area contributed by atoms with Gasteiger partial charge in [0.2, 0.25) is 0 Å². The summed E-state index contributed by atoms with van der Waals surface area (Å²) < 4.78 is 7.38. The van der Waals surface area contributed by atoms with Crippen molar-refractivity contribution in [2.24, 2.45) is 5.84 Å². The van der Waals surface area contributed by atoms with Gasteiger partial charge in [0.25, 0.3) is 0 Å². The van der Waals surface area contributed by atoms with Gasteiger partial charge in [-0.3, -0.25) is 10.5 Å². The van der Waals surface area contributed by atoms with Crippen molar-refractivity contribution < 1.29 is 4.74 Å². The van der Waals surface area contributed by atoms with Gasteiger partial charge in [0.1, 0.15) is 5.69 Å². The molecule has 0 aliphatic rings. The number of rotatable bonds is 6. The molecule has 1 aromatic carbocycles. The number of hydrazine groups is 1. The van der Waals surface area contributed by atoms with Gasteiger partial charge in [-0.1, -0.05) is 12.1 Å². The number of nitrogens with zero attached hydrogens (tertiary/aromatic N) is 2. The number of hydrogen-bond donors (Lipinski definition) is 2. The van der Waals surface area contributed by atoms with E-state index in [0.29, 0.717) is 0 Å². The normalized spacial score (nSPS) is 12.7. The molecule has 2 rings (SSSR count). The molecular formula is C15H22N4OS. The van der Waals surface area contributed by atoms with Crippen LogP contribution < -0.4 is 16.0 Å². The Morgan fingerprint density at radius 2 is 1.95 bits per heavy atom. The van der Waals surface area contributed by atoms with Crippen LogP contribution in [0.3, 0.4) is 0 Å². The number of nitrogens with one attached hydrogen (secondary N) is 1. The van der Waals surface area contributed by atoms with Gasteiger partial charge < -0.3 is 4.74 Å². The first-order chi connectivity index (χ1) is 10.1. The van der Waals surface area contributed by atoms with Crippen molar-refractivity contribution >= 4 is 11.8 Å². The minimum absolute atomic E-state index is 0.166. The average molecular weight is 306 g/mol. The third-order valence-corrected chi connectivity index (χ3v) is 4.14. The summed E-state index contributed by atoms with van der Waals surface area (Å²) in [5, 5.41) is 4.41. The Balaban J connectivity index is 2.47. The first-order valence-corrected chi connectivity index (χ1v) is 8.06. The van der Waals surface area contributed by atoms with E-state index in [2.05, 4.69) is 54.9 Å². The van der Waals surface area contributed by atoms with Crippen molar-refractivity contribution in [1.82, 2.24) is 15.2 Å². The summed E-state index contributed by atoms with van der Waals surface area (Å²) in [6.07, 6.45) is 3.79. The molecule has 0 amide bonds. The van der Waals surface area contributed by atoms with E-state index in [1.807, 2.05) is 4.68 Å². The van der Waals surface area contributed by atoms with Crippen LogP contribution in [-0.2, 0) is 0 Å². The van der Waals surface area contributed by atoms with Gasteiger partial charge in [0.15, 0.2) is 5.75 Å². The number of nitrogens with two attached hydrogens (primary N) is 1. The fourth-order valence-electron chi connectivity index (χ4n) is 2.33. The predicted molar refractivity (Wildman–Crippen MR) is 86.6 cm³/mol. The predicted octanol–water partition coefficient (Wildman–Crippen LogP) is 2.75. The number of aromatic nitrogens is 2. The summed E-state index contributed by atoms with van der Waals surface area (Å²) in [4.78, 5) is 1.22. The smallest absolute Gasteiger partial charge is 0.161 e. The second-order valence-corrected chi connectivity index (χ2v) is 5.89. The number of benzene rings is 1. The topological polar surface area (TPSA) is 65.1 Å². The second kappa shape index (κ2) is 6.98. The molecule has 0 radical (unpaired) electrons. The van der Waals surface area contributed by atoms with Crippen LogP contribution in [0.5, 0.6) is 5.75 Å². The maximum absolute atomic E-state index is 5.81. The van der Waals surface area contributed by atoms with Gasteiger partial charge in [-0.05, 0) is 37.8 Å². The van der Waals surface area contributed by atoms with E-state index in [0.717, 1.165) is 17.0 Å². The number of thioether (sulfide) groups is 1. The Morgan fingerprint density at radius 1 is 1.29 bits per heavy atom. The quantitative estimate of drug-likeness (QED) is 0.488. The van der Waals surface area contributed by atoms with Crippen LogP contribution in [0.4, 0.5) is 0 Å². The second-order valence-electron chi connectivity index (χ2n) is 5.01. The molecule has 0 spiro atoms. The largest absolute Gasteiger partial charge is 0.493 e. The molecule has 6 heteroatoms. The first kappa shape index (κ1) is 15.9. The molecule has 0 aliphatic carbocycles. The van der Waals surface area contributed by atoms with E-state index in [9.17, 15) is 0 Å². The van der Waals surface area contributed by atoms with E-state index >= 15 is 0 Å². The van der Waals surface area contributed by atoms with E-state index < -0.39 is 0 Å². The Hall–Kier alpha value is -1.50. The highest BCUT2D eigenvalue weighted by atomic mass is 32.2. The van der Waals surface area contributed by atoms with Crippen LogP contribution in [0.25, 0.3) is 0 Å². The van der Waals surface area contributed by atoms with Crippen molar-refractivity contribution in [3.05, 3.63) is 41.7 Å². The Morgan fingerprint density at radius 3 is 2.43 bits per heavy atom. The van der Waals surface area contributed by atoms with Crippen molar-refractivity contribution in [3.8, 4) is 5.75 Å². The number of methoxy groups -OCH3 is 1. The standard InChI is InChI=1S/C15H22N4OS/c1-10(2)19-15(13(20-3)9-17-19)14(18-16)11-5-7-12(21-4)8-6-11/h5-10,14,18H,16H2,1-4H3. The number of ether oxygens (including phenoxy) is 1. The minimum Gasteiger partial charge on any atom is -0.493 e. The van der Waals surface area contributed by atoms with Gasteiger partial charge in [0.05, 0.1) is 19.3 Å². The molecule has 0 bridgehead atoms. The summed E-state index contributed by atoms with van der Waals surface area (Å²) >= 11 is 1.72. The molecule has 2 aromatic rings. The van der Waals surface area contributed by atoms with E-state index in [-0.39, 0.29) is 12.1 Å². The summed E-state index contributed by atoms with van der Waals surface area (Å²) in [7, 11) is 1.65. The van der Waals surface area contributed by atoms with E-state index in [1.165, 1.54) is 4.90 Å². The molecule has 1 unspecified atom stereocenters. The van der Waals surface area contributed by atoms with Crippen LogP contribution in [0.1, 0.15) is 37.2 Å². The lowest BCUT2D eigenvalue weighted by Gasteiger charge is -2.21. The minimum atomic E-state index is -0.166. The maximum Gasteiger partial charge on any atom is 0.161 e. The summed E-state index contributed by atoms with van der Waals surface area (Å²) in [6, 6.07) is 8.40. The third-order valence-electron chi connectivity index (χ3n) is 3.40. The van der Waals surface area contributed by atoms with Crippen LogP contribution in [-0.4, -0.2) is 23.1 Å². The highest BCUT2D eigenvalue weighted by molar-refractivity contribution is 7.98. The highest BCUT2D eigenvalue weighted by Crippen LogP contribution is 2.32. The molecule has 114 valence electrons. The van der Waals surface area contributed by atoms with Crippen LogP contribution >= 0.6 is 11.8 Å². The van der Waals surface area contributed by atoms with Crippen LogP contribution in [0.15, 0.2) is 35.4 Å². The molecule has 0 fully saturated rings. The lowest BCUT2D eigenvalue weighted by molar-refractivity contribution is 0.394. The first-order valence-electron chi connectivity index (χ1n) is 6.83. The zero-order valence-electron chi connectivity index (χ0n) is 12.8. The zero-order chi connectivity index (χ0) is 15.4. The zero-order valence-corrected chi connectivity index (χ0v) is 13.6. The molecule has 3 N–H and O–H groups in total. The summed E-state index contributed by atoms with van der Waals surface area (Å²) in [6.45, 7) is 4.17. The molecule has 21 heavy (non-hydrogen) atoms. The van der Waals surface area contributed by atoms with Crippen molar-refractivity contribution in [1.29, 1.82) is 0 Å². The van der Waals surface area contributed by atoms with Gasteiger partial charge in [-0.25, -0.2) is 5.43 Å². The molecule has 1 aromatic heterocycles. The molecule has 0 saturated heterocycles. The lowest BCUT2D eigenvalue weighted by atomic mass is 10.0.